The molecule has 0 saturated carbocycles. The molecule has 1 heterocycles. The summed E-state index contributed by atoms with van der Waals surface area (Å²) in [7, 11) is 3.07. The number of carbonyl (C=O) groups excluding carboxylic acids is 1. The van der Waals surface area contributed by atoms with Gasteiger partial charge in [-0.3, -0.25) is 4.79 Å². The zero-order valence-corrected chi connectivity index (χ0v) is 18.9. The van der Waals surface area contributed by atoms with Gasteiger partial charge in [-0.25, -0.2) is 9.78 Å². The maximum absolute atomic E-state index is 13.4. The first-order chi connectivity index (χ1) is 15.5. The van der Waals surface area contributed by atoms with Gasteiger partial charge in [0.1, 0.15) is 16.5 Å². The molecule has 0 aliphatic rings. The minimum atomic E-state index is -1.08. The summed E-state index contributed by atoms with van der Waals surface area (Å²) in [6, 6.07) is 15.3. The monoisotopic (exact) mass is 454 g/mol. The summed E-state index contributed by atoms with van der Waals surface area (Å²) in [6.07, 6.45) is 2.66. The molecule has 32 heavy (non-hydrogen) atoms. The summed E-state index contributed by atoms with van der Waals surface area (Å²) < 4.78 is 10.6. The molecule has 0 saturated heterocycles. The SMILES string of the molecule is COc1cc(OC)cc(C(=O)N(CCCCc2ccccc2)Cc2nc(C(=O)O)cs2)c1. The Labute approximate surface area is 191 Å². The molecule has 0 unspecified atom stereocenters. The van der Waals surface area contributed by atoms with Crippen LogP contribution in [0.1, 0.15) is 44.3 Å². The predicted octanol–water partition coefficient (Wildman–Crippen LogP) is 4.52. The molecule has 0 aliphatic carbocycles. The summed E-state index contributed by atoms with van der Waals surface area (Å²) in [5, 5.41) is 11.2. The number of thiazole rings is 1. The van der Waals surface area contributed by atoms with Gasteiger partial charge in [0, 0.05) is 23.6 Å². The Morgan fingerprint density at radius 3 is 2.31 bits per heavy atom. The average molecular weight is 455 g/mol. The van der Waals surface area contributed by atoms with Crippen molar-refractivity contribution in [2.24, 2.45) is 0 Å². The van der Waals surface area contributed by atoms with E-state index in [0.717, 1.165) is 19.3 Å². The van der Waals surface area contributed by atoms with E-state index in [1.54, 1.807) is 23.1 Å². The van der Waals surface area contributed by atoms with Gasteiger partial charge in [-0.1, -0.05) is 30.3 Å². The standard InChI is InChI=1S/C24H26N2O5S/c1-30-19-12-18(13-20(14-19)31-2)23(27)26(15-22-25-21(16-32-22)24(28)29)11-7-6-10-17-8-4-3-5-9-17/h3-5,8-9,12-14,16H,6-7,10-11,15H2,1-2H3,(H,28,29). The molecule has 0 bridgehead atoms. The number of hydrogen-bond acceptors (Lipinski definition) is 6. The quantitative estimate of drug-likeness (QED) is 0.429. The molecule has 3 aromatic rings. The van der Waals surface area contributed by atoms with Crippen molar-refractivity contribution in [3.8, 4) is 11.5 Å². The number of carboxylic acids is 1. The number of unbranched alkanes of at least 4 members (excludes halogenated alkanes) is 1. The molecule has 168 valence electrons. The molecule has 2 aromatic carbocycles. The van der Waals surface area contributed by atoms with Gasteiger partial charge in [-0.15, -0.1) is 11.3 Å². The van der Waals surface area contributed by atoms with E-state index in [0.29, 0.717) is 28.6 Å². The van der Waals surface area contributed by atoms with Gasteiger partial charge in [0.25, 0.3) is 5.91 Å². The summed E-state index contributed by atoms with van der Waals surface area (Å²) in [4.78, 5) is 30.4. The number of hydrogen-bond donors (Lipinski definition) is 1. The van der Waals surface area contributed by atoms with Crippen LogP contribution in [-0.2, 0) is 13.0 Å². The van der Waals surface area contributed by atoms with E-state index in [1.807, 2.05) is 18.2 Å². The molecule has 0 atom stereocenters. The lowest BCUT2D eigenvalue weighted by Crippen LogP contribution is -2.31. The van der Waals surface area contributed by atoms with Gasteiger partial charge < -0.3 is 19.5 Å². The van der Waals surface area contributed by atoms with Crippen molar-refractivity contribution in [3.63, 3.8) is 0 Å². The molecule has 7 nitrogen and oxygen atoms in total. The van der Waals surface area contributed by atoms with Crippen LogP contribution in [0.25, 0.3) is 0 Å². The maximum atomic E-state index is 13.4. The Bertz CT molecular complexity index is 1030. The second-order valence-electron chi connectivity index (χ2n) is 7.20. The number of aryl methyl sites for hydroxylation is 1. The van der Waals surface area contributed by atoms with Crippen molar-refractivity contribution in [2.45, 2.75) is 25.8 Å². The number of carbonyl (C=O) groups is 2. The summed E-state index contributed by atoms with van der Waals surface area (Å²) in [5.74, 6) is -0.210. The lowest BCUT2D eigenvalue weighted by Gasteiger charge is -2.22. The molecule has 0 radical (unpaired) electrons. The van der Waals surface area contributed by atoms with Crippen molar-refractivity contribution in [2.75, 3.05) is 20.8 Å². The fourth-order valence-corrected chi connectivity index (χ4v) is 4.07. The summed E-state index contributed by atoms with van der Waals surface area (Å²) in [5.41, 5.74) is 1.69. The molecular formula is C24H26N2O5S. The predicted molar refractivity (Wildman–Crippen MR) is 123 cm³/mol. The van der Waals surface area contributed by atoms with E-state index in [-0.39, 0.29) is 18.1 Å². The molecule has 8 heteroatoms. The van der Waals surface area contributed by atoms with Crippen molar-refractivity contribution in [3.05, 3.63) is 75.7 Å². The number of rotatable bonds is 11. The third-order valence-electron chi connectivity index (χ3n) is 4.97. The van der Waals surface area contributed by atoms with Crippen LogP contribution >= 0.6 is 11.3 Å². The Kier molecular flexibility index (Phi) is 8.21. The van der Waals surface area contributed by atoms with Gasteiger partial charge in [0.05, 0.1) is 20.8 Å². The fraction of sp³-hybridized carbons (Fsp3) is 0.292. The Hall–Kier alpha value is -3.39. The third-order valence-corrected chi connectivity index (χ3v) is 5.80. The number of benzene rings is 2. The highest BCUT2D eigenvalue weighted by Crippen LogP contribution is 2.24. The highest BCUT2D eigenvalue weighted by atomic mass is 32.1. The summed E-state index contributed by atoms with van der Waals surface area (Å²) in [6.45, 7) is 0.759. The zero-order chi connectivity index (χ0) is 22.9. The van der Waals surface area contributed by atoms with E-state index in [4.69, 9.17) is 14.6 Å². The van der Waals surface area contributed by atoms with Crippen molar-refractivity contribution < 1.29 is 24.2 Å². The number of carboxylic acid groups (broad SMARTS) is 1. The minimum absolute atomic E-state index is 0.00970. The first-order valence-corrected chi connectivity index (χ1v) is 11.1. The van der Waals surface area contributed by atoms with Crippen molar-refractivity contribution >= 4 is 23.2 Å². The van der Waals surface area contributed by atoms with Crippen LogP contribution in [0.3, 0.4) is 0 Å². The van der Waals surface area contributed by atoms with E-state index in [9.17, 15) is 9.59 Å². The van der Waals surface area contributed by atoms with Crippen LogP contribution in [0.5, 0.6) is 11.5 Å². The number of amides is 1. The number of aromatic nitrogens is 1. The van der Waals surface area contributed by atoms with Crippen LogP contribution in [-0.4, -0.2) is 47.6 Å². The van der Waals surface area contributed by atoms with Crippen molar-refractivity contribution in [1.29, 1.82) is 0 Å². The second kappa shape index (κ2) is 11.3. The molecule has 0 fully saturated rings. The molecule has 0 spiro atoms. The molecule has 1 N–H and O–H groups in total. The molecular weight excluding hydrogens is 428 g/mol. The minimum Gasteiger partial charge on any atom is -0.497 e. The highest BCUT2D eigenvalue weighted by Gasteiger charge is 2.20. The first-order valence-electron chi connectivity index (χ1n) is 10.2. The lowest BCUT2D eigenvalue weighted by molar-refractivity contribution is 0.0691. The van der Waals surface area contributed by atoms with Gasteiger partial charge in [-0.2, -0.15) is 0 Å². The van der Waals surface area contributed by atoms with Gasteiger partial charge in [-0.05, 0) is 37.0 Å². The van der Waals surface area contributed by atoms with Gasteiger partial charge in [0.15, 0.2) is 5.69 Å². The van der Waals surface area contributed by atoms with Crippen molar-refractivity contribution in [1.82, 2.24) is 9.88 Å². The van der Waals surface area contributed by atoms with Crippen LogP contribution in [0.15, 0.2) is 53.9 Å². The normalized spacial score (nSPS) is 10.6. The van der Waals surface area contributed by atoms with Gasteiger partial charge in [0.2, 0.25) is 0 Å². The Morgan fingerprint density at radius 2 is 1.72 bits per heavy atom. The van der Waals surface area contributed by atoms with Gasteiger partial charge >= 0.3 is 5.97 Å². The van der Waals surface area contributed by atoms with Crippen LogP contribution < -0.4 is 9.47 Å². The number of methoxy groups -OCH3 is 2. The molecule has 3 rings (SSSR count). The Morgan fingerprint density at radius 1 is 1.03 bits per heavy atom. The lowest BCUT2D eigenvalue weighted by atomic mass is 10.1. The van der Waals surface area contributed by atoms with E-state index >= 15 is 0 Å². The van der Waals surface area contributed by atoms with E-state index in [1.165, 1.54) is 36.5 Å². The molecule has 1 amide bonds. The summed E-state index contributed by atoms with van der Waals surface area (Å²) >= 11 is 1.23. The van der Waals surface area contributed by atoms with Crippen LogP contribution in [0.4, 0.5) is 0 Å². The molecule has 0 aliphatic heterocycles. The largest absolute Gasteiger partial charge is 0.497 e. The first kappa shape index (κ1) is 23.3. The number of nitrogens with zero attached hydrogens (tertiary/aromatic N) is 2. The highest BCUT2D eigenvalue weighted by molar-refractivity contribution is 7.09. The number of aromatic carboxylic acids is 1. The maximum Gasteiger partial charge on any atom is 0.355 e. The average Bonchev–Trinajstić information content (AvgIpc) is 3.30. The Balaban J connectivity index is 1.75. The number of ether oxygens (including phenoxy) is 2. The van der Waals surface area contributed by atoms with Crippen LogP contribution in [0, 0.1) is 0 Å². The smallest absolute Gasteiger partial charge is 0.355 e. The van der Waals surface area contributed by atoms with E-state index < -0.39 is 5.97 Å². The second-order valence-corrected chi connectivity index (χ2v) is 8.15. The van der Waals surface area contributed by atoms with Crippen LogP contribution in [0.2, 0.25) is 0 Å². The third kappa shape index (κ3) is 6.31. The van der Waals surface area contributed by atoms with E-state index in [2.05, 4.69) is 17.1 Å². The fourth-order valence-electron chi connectivity index (χ4n) is 3.29. The molecule has 1 aromatic heterocycles. The topological polar surface area (TPSA) is 89.0 Å². The zero-order valence-electron chi connectivity index (χ0n) is 18.1.